The van der Waals surface area contributed by atoms with Crippen LogP contribution < -0.4 is 14.7 Å². The fraction of sp³-hybridized carbons (Fsp3) is 0.120. The summed E-state index contributed by atoms with van der Waals surface area (Å²) in [4.78, 5) is 12.4. The van der Waals surface area contributed by atoms with Gasteiger partial charge in [0.2, 0.25) is 0 Å². The molecule has 4 aromatic rings. The third-order valence-electron chi connectivity index (χ3n) is 4.73. The first kappa shape index (κ1) is 23.1. The molecule has 0 saturated heterocycles. The summed E-state index contributed by atoms with van der Waals surface area (Å²) in [6.07, 6.45) is 1.48. The summed E-state index contributed by atoms with van der Waals surface area (Å²) in [5.41, 5.74) is 5.04. The molecule has 1 heterocycles. The molecule has 0 aliphatic heterocycles. The molecule has 0 unspecified atom stereocenters. The van der Waals surface area contributed by atoms with E-state index in [-0.39, 0.29) is 17.4 Å². The molecular weight excluding hydrogens is 450 g/mol. The highest BCUT2D eigenvalue weighted by Gasteiger charge is 2.24. The maximum Gasteiger partial charge on any atom is 0.342 e. The molecular formula is C25H24N5O3S+. The first-order valence-corrected chi connectivity index (χ1v) is 11.7. The van der Waals surface area contributed by atoms with Crippen LogP contribution in [0, 0.1) is 0 Å². The Balaban J connectivity index is 1.51. The van der Waals surface area contributed by atoms with Crippen LogP contribution in [0.1, 0.15) is 12.5 Å². The van der Waals surface area contributed by atoms with E-state index in [4.69, 9.17) is 4.74 Å². The molecule has 0 radical (unpaired) electrons. The van der Waals surface area contributed by atoms with Crippen LogP contribution in [0.4, 0.5) is 0 Å². The number of phenols is 1. The van der Waals surface area contributed by atoms with Gasteiger partial charge in [-0.3, -0.25) is 4.79 Å². The second-order valence-electron chi connectivity index (χ2n) is 7.16. The number of nitrogens with zero attached hydrogens (tertiary/aromatic N) is 3. The van der Waals surface area contributed by atoms with Crippen LogP contribution in [0.2, 0.25) is 0 Å². The number of hydrogen-bond donors (Lipinski definition) is 3. The van der Waals surface area contributed by atoms with E-state index in [2.05, 4.69) is 20.7 Å². The molecule has 3 aromatic carbocycles. The second-order valence-corrected chi connectivity index (χ2v) is 8.10. The first-order valence-electron chi connectivity index (χ1n) is 10.7. The molecule has 0 fully saturated rings. The topological polar surface area (TPSA) is 103 Å². The lowest BCUT2D eigenvalue weighted by Crippen LogP contribution is -2.34. The number of phenolic OH excluding ortho intramolecular Hbond substituents is 1. The number of carbonyl (C=O) groups is 1. The zero-order valence-electron chi connectivity index (χ0n) is 18.5. The molecule has 1 amide bonds. The van der Waals surface area contributed by atoms with Crippen LogP contribution >= 0.6 is 11.8 Å². The van der Waals surface area contributed by atoms with Gasteiger partial charge in [-0.2, -0.15) is 9.67 Å². The Kier molecular flexibility index (Phi) is 7.56. The molecule has 8 nitrogen and oxygen atoms in total. The zero-order valence-corrected chi connectivity index (χ0v) is 19.3. The summed E-state index contributed by atoms with van der Waals surface area (Å²) in [5.74, 6) is 1.57. The molecule has 3 N–H and O–H groups in total. The van der Waals surface area contributed by atoms with Crippen molar-refractivity contribution in [3.05, 3.63) is 84.4 Å². The van der Waals surface area contributed by atoms with Gasteiger partial charge in [0.05, 0.1) is 29.2 Å². The van der Waals surface area contributed by atoms with Gasteiger partial charge in [0.25, 0.3) is 11.7 Å². The number of aromatic amines is 1. The Labute approximate surface area is 201 Å². The van der Waals surface area contributed by atoms with E-state index >= 15 is 0 Å². The maximum absolute atomic E-state index is 12.4. The Hall–Kier alpha value is -4.11. The number of H-pyrrole nitrogens is 1. The van der Waals surface area contributed by atoms with Crippen molar-refractivity contribution in [3.63, 3.8) is 0 Å². The molecule has 1 aromatic heterocycles. The number of carbonyl (C=O) groups excluding carboxylic acids is 1. The number of hydrazone groups is 1. The minimum Gasteiger partial charge on any atom is -0.508 e. The van der Waals surface area contributed by atoms with E-state index in [1.54, 1.807) is 24.3 Å². The van der Waals surface area contributed by atoms with Crippen molar-refractivity contribution in [1.29, 1.82) is 0 Å². The van der Waals surface area contributed by atoms with E-state index in [0.29, 0.717) is 17.3 Å². The summed E-state index contributed by atoms with van der Waals surface area (Å²) in [7, 11) is 0. The number of nitrogens with one attached hydrogen (secondary N) is 2. The smallest absolute Gasteiger partial charge is 0.342 e. The van der Waals surface area contributed by atoms with Gasteiger partial charge in [-0.05, 0) is 72.8 Å². The molecule has 0 saturated carbocycles. The lowest BCUT2D eigenvalue weighted by Gasteiger charge is -2.06. The van der Waals surface area contributed by atoms with Crippen LogP contribution in [0.25, 0.3) is 17.1 Å². The van der Waals surface area contributed by atoms with E-state index in [0.717, 1.165) is 22.8 Å². The van der Waals surface area contributed by atoms with Gasteiger partial charge < -0.3 is 9.84 Å². The summed E-state index contributed by atoms with van der Waals surface area (Å²) in [6, 6.07) is 24.2. The van der Waals surface area contributed by atoms with Crippen LogP contribution in [0.5, 0.6) is 11.5 Å². The number of ether oxygens (including phenoxy) is 1. The van der Waals surface area contributed by atoms with E-state index in [1.807, 2.05) is 66.1 Å². The van der Waals surface area contributed by atoms with Crippen molar-refractivity contribution in [2.45, 2.75) is 12.1 Å². The molecule has 9 heteroatoms. The highest BCUT2D eigenvalue weighted by atomic mass is 32.2. The fourth-order valence-electron chi connectivity index (χ4n) is 3.23. The van der Waals surface area contributed by atoms with E-state index in [9.17, 15) is 9.90 Å². The molecule has 34 heavy (non-hydrogen) atoms. The highest BCUT2D eigenvalue weighted by molar-refractivity contribution is 7.99. The van der Waals surface area contributed by atoms with Crippen molar-refractivity contribution in [1.82, 2.24) is 15.6 Å². The third-order valence-corrected chi connectivity index (χ3v) is 5.67. The predicted octanol–water partition coefficient (Wildman–Crippen LogP) is 3.70. The predicted molar refractivity (Wildman–Crippen MR) is 131 cm³/mol. The fourth-order valence-corrected chi connectivity index (χ4v) is 3.99. The van der Waals surface area contributed by atoms with Crippen LogP contribution in [0.15, 0.2) is 89.1 Å². The van der Waals surface area contributed by atoms with Gasteiger partial charge in [0, 0.05) is 0 Å². The lowest BCUT2D eigenvalue weighted by molar-refractivity contribution is -0.625. The Morgan fingerprint density at radius 2 is 1.94 bits per heavy atom. The largest absolute Gasteiger partial charge is 0.508 e. The number of amides is 1. The van der Waals surface area contributed by atoms with Crippen molar-refractivity contribution in [2.75, 3.05) is 12.4 Å². The number of thioether (sulfide) groups is 1. The van der Waals surface area contributed by atoms with Gasteiger partial charge in [-0.15, -0.1) is 5.10 Å². The van der Waals surface area contributed by atoms with Crippen molar-refractivity contribution < 1.29 is 19.2 Å². The van der Waals surface area contributed by atoms with Crippen LogP contribution in [-0.4, -0.2) is 39.8 Å². The van der Waals surface area contributed by atoms with Crippen LogP contribution in [-0.2, 0) is 4.79 Å². The summed E-state index contributed by atoms with van der Waals surface area (Å²) >= 11 is 1.29. The minimum atomic E-state index is -0.274. The number of benzene rings is 3. The number of rotatable bonds is 9. The van der Waals surface area contributed by atoms with Gasteiger partial charge in [-0.1, -0.05) is 30.3 Å². The number of aromatic nitrogens is 3. The molecule has 0 atom stereocenters. The zero-order chi connectivity index (χ0) is 23.8. The Morgan fingerprint density at radius 3 is 2.68 bits per heavy atom. The molecule has 0 bridgehead atoms. The SMILES string of the molecule is CCOc1ccc(-[n+]2c(SCC(=O)NN=Cc3cccc(O)c3)n[nH]c2-c2ccccc2)cc1. The average molecular weight is 475 g/mol. The minimum absolute atomic E-state index is 0.119. The maximum atomic E-state index is 12.4. The summed E-state index contributed by atoms with van der Waals surface area (Å²) in [6.45, 7) is 2.54. The molecule has 0 aliphatic carbocycles. The van der Waals surface area contributed by atoms with Crippen molar-refractivity contribution in [2.24, 2.45) is 5.10 Å². The standard InChI is InChI=1S/C25H23N5O3S/c1-2-33-22-13-11-20(12-14-22)30-24(19-8-4-3-5-9-19)28-29-25(30)34-17-23(32)27-26-16-18-7-6-10-21(31)15-18/h3-16H,2,17H2,1H3,(H2,27,31,32)/p+1. The summed E-state index contributed by atoms with van der Waals surface area (Å²) < 4.78 is 7.53. The van der Waals surface area contributed by atoms with Gasteiger partial charge in [0.1, 0.15) is 17.2 Å². The third kappa shape index (κ3) is 5.81. The summed E-state index contributed by atoms with van der Waals surface area (Å²) in [5, 5.41) is 21.7. The monoisotopic (exact) mass is 474 g/mol. The molecule has 0 spiro atoms. The van der Waals surface area contributed by atoms with Gasteiger partial charge >= 0.3 is 5.16 Å². The lowest BCUT2D eigenvalue weighted by atomic mass is 10.2. The Morgan fingerprint density at radius 1 is 1.15 bits per heavy atom. The average Bonchev–Trinajstić information content (AvgIpc) is 3.28. The highest BCUT2D eigenvalue weighted by Crippen LogP contribution is 2.21. The van der Waals surface area contributed by atoms with E-state index < -0.39 is 0 Å². The number of aromatic hydroxyl groups is 1. The molecule has 172 valence electrons. The molecule has 4 rings (SSSR count). The van der Waals surface area contributed by atoms with E-state index in [1.165, 1.54) is 18.0 Å². The van der Waals surface area contributed by atoms with Gasteiger partial charge in [0.15, 0.2) is 0 Å². The second kappa shape index (κ2) is 11.2. The quantitative estimate of drug-likeness (QED) is 0.149. The van der Waals surface area contributed by atoms with Crippen molar-refractivity contribution in [3.8, 4) is 28.6 Å². The van der Waals surface area contributed by atoms with Gasteiger partial charge in [-0.25, -0.2) is 5.43 Å². The van der Waals surface area contributed by atoms with Crippen LogP contribution in [0.3, 0.4) is 0 Å². The molecule has 0 aliphatic rings. The Bertz CT molecular complexity index is 1270. The number of hydrogen-bond acceptors (Lipinski definition) is 6. The van der Waals surface area contributed by atoms with Crippen molar-refractivity contribution >= 4 is 23.9 Å². The first-order chi connectivity index (χ1) is 16.6. The normalized spacial score (nSPS) is 11.0.